The summed E-state index contributed by atoms with van der Waals surface area (Å²) in [5.74, 6) is 0. The van der Waals surface area contributed by atoms with Gasteiger partial charge < -0.3 is 0 Å². The van der Waals surface area contributed by atoms with E-state index in [9.17, 15) is 4.79 Å². The van der Waals surface area contributed by atoms with Gasteiger partial charge in [-0.1, -0.05) is 66.2 Å². The third-order valence-electron chi connectivity index (χ3n) is 2.45. The number of hydrogen-bond donors (Lipinski definition) is 0. The highest BCUT2D eigenvalue weighted by molar-refractivity contribution is 6.40. The van der Waals surface area contributed by atoms with Gasteiger partial charge in [-0.05, 0) is 22.8 Å². The summed E-state index contributed by atoms with van der Waals surface area (Å²) in [5.41, 5.74) is 3.11. The van der Waals surface area contributed by atoms with Crippen LogP contribution in [0.2, 0.25) is 0 Å². The van der Waals surface area contributed by atoms with Gasteiger partial charge in [0.1, 0.15) is 0 Å². The van der Waals surface area contributed by atoms with Gasteiger partial charge in [-0.15, -0.1) is 0 Å². The minimum Gasteiger partial charge on any atom is -0.297 e. The second kappa shape index (κ2) is 5.46. The summed E-state index contributed by atoms with van der Waals surface area (Å²) >= 11 is 5.75. The molecule has 0 fully saturated rings. The Labute approximate surface area is 105 Å². The van der Waals surface area contributed by atoms with Crippen molar-refractivity contribution in [2.45, 2.75) is 0 Å². The van der Waals surface area contributed by atoms with Crippen molar-refractivity contribution in [1.82, 2.24) is 0 Å². The number of aldehydes is 1. The molecule has 0 aliphatic heterocycles. The largest absolute Gasteiger partial charge is 0.297 e. The molecule has 0 saturated carbocycles. The van der Waals surface area contributed by atoms with Crippen LogP contribution in [0.3, 0.4) is 0 Å². The Kier molecular flexibility index (Phi) is 3.73. The fourth-order valence-electron chi connectivity index (χ4n) is 1.69. The molecule has 0 atom stereocenters. The quantitative estimate of drug-likeness (QED) is 0.584. The molecule has 0 aliphatic carbocycles. The zero-order valence-electron chi connectivity index (χ0n) is 9.14. The highest BCUT2D eigenvalue weighted by Crippen LogP contribution is 2.25. The van der Waals surface area contributed by atoms with Gasteiger partial charge in [-0.25, -0.2) is 0 Å². The van der Waals surface area contributed by atoms with Crippen molar-refractivity contribution in [1.29, 1.82) is 0 Å². The minimum absolute atomic E-state index is 0.202. The lowest BCUT2D eigenvalue weighted by molar-refractivity contribution is -0.104. The van der Waals surface area contributed by atoms with Crippen LogP contribution in [0, 0.1) is 0 Å². The van der Waals surface area contributed by atoms with Gasteiger partial charge in [0.15, 0.2) is 6.29 Å². The Bertz CT molecular complexity index is 544. The summed E-state index contributed by atoms with van der Waals surface area (Å²) in [5, 5.41) is 0.202. The van der Waals surface area contributed by atoms with Crippen LogP contribution >= 0.6 is 11.6 Å². The topological polar surface area (TPSA) is 17.1 Å². The Morgan fingerprint density at radius 2 is 1.59 bits per heavy atom. The molecule has 0 unspecified atom stereocenters. The van der Waals surface area contributed by atoms with E-state index in [1.165, 1.54) is 0 Å². The van der Waals surface area contributed by atoms with E-state index in [2.05, 4.69) is 0 Å². The van der Waals surface area contributed by atoms with Crippen molar-refractivity contribution < 1.29 is 4.79 Å². The van der Waals surface area contributed by atoms with Crippen molar-refractivity contribution in [2.24, 2.45) is 0 Å². The Morgan fingerprint density at radius 1 is 0.941 bits per heavy atom. The molecular formula is C15H11ClO. The molecule has 2 rings (SSSR count). The van der Waals surface area contributed by atoms with E-state index >= 15 is 0 Å². The van der Waals surface area contributed by atoms with Gasteiger partial charge in [-0.3, -0.25) is 4.79 Å². The van der Waals surface area contributed by atoms with E-state index < -0.39 is 0 Å². The summed E-state index contributed by atoms with van der Waals surface area (Å²) in [6, 6.07) is 17.8. The van der Waals surface area contributed by atoms with E-state index in [4.69, 9.17) is 11.6 Å². The van der Waals surface area contributed by atoms with Crippen LogP contribution in [0.25, 0.3) is 17.2 Å². The number of allylic oxidation sites excluding steroid dienone is 1. The molecule has 17 heavy (non-hydrogen) atoms. The van der Waals surface area contributed by atoms with Crippen molar-refractivity contribution >= 4 is 24.0 Å². The first-order valence-corrected chi connectivity index (χ1v) is 5.66. The molecule has 84 valence electrons. The third kappa shape index (κ3) is 2.83. The standard InChI is InChI=1S/C15H11ClO/c16-14(11-17)10-13-8-4-5-9-15(13)12-6-2-1-3-7-12/h1-11H. The monoisotopic (exact) mass is 242 g/mol. The smallest absolute Gasteiger partial charge is 0.161 e. The second-order valence-electron chi connectivity index (χ2n) is 3.60. The molecule has 1 nitrogen and oxygen atoms in total. The lowest BCUT2D eigenvalue weighted by atomic mass is 9.99. The summed E-state index contributed by atoms with van der Waals surface area (Å²) in [7, 11) is 0. The molecule has 0 aromatic heterocycles. The average molecular weight is 243 g/mol. The van der Waals surface area contributed by atoms with Crippen LogP contribution in [0.5, 0.6) is 0 Å². The normalized spacial score (nSPS) is 11.2. The van der Waals surface area contributed by atoms with Gasteiger partial charge in [0, 0.05) is 0 Å². The fourth-order valence-corrected chi connectivity index (χ4v) is 1.80. The predicted molar refractivity (Wildman–Crippen MR) is 71.8 cm³/mol. The number of benzene rings is 2. The van der Waals surface area contributed by atoms with E-state index in [-0.39, 0.29) is 5.03 Å². The van der Waals surface area contributed by atoms with Crippen LogP contribution in [-0.4, -0.2) is 6.29 Å². The van der Waals surface area contributed by atoms with Crippen molar-refractivity contribution in [3.8, 4) is 11.1 Å². The van der Waals surface area contributed by atoms with Gasteiger partial charge in [-0.2, -0.15) is 0 Å². The van der Waals surface area contributed by atoms with Gasteiger partial charge >= 0.3 is 0 Å². The number of carbonyl (C=O) groups is 1. The van der Waals surface area contributed by atoms with Gasteiger partial charge in [0.05, 0.1) is 5.03 Å². The first kappa shape index (κ1) is 11.6. The van der Waals surface area contributed by atoms with Crippen LogP contribution < -0.4 is 0 Å². The van der Waals surface area contributed by atoms with Gasteiger partial charge in [0.2, 0.25) is 0 Å². The van der Waals surface area contributed by atoms with Crippen molar-refractivity contribution in [2.75, 3.05) is 0 Å². The first-order chi connectivity index (χ1) is 8.31. The van der Waals surface area contributed by atoms with Crippen molar-refractivity contribution in [3.63, 3.8) is 0 Å². The highest BCUT2D eigenvalue weighted by Gasteiger charge is 2.02. The molecule has 0 bridgehead atoms. The molecule has 2 aromatic carbocycles. The number of rotatable bonds is 3. The highest BCUT2D eigenvalue weighted by atomic mass is 35.5. The Hall–Kier alpha value is -1.86. The van der Waals surface area contributed by atoms with Crippen LogP contribution in [0.4, 0.5) is 0 Å². The Balaban J connectivity index is 2.52. The van der Waals surface area contributed by atoms with Crippen LogP contribution in [0.15, 0.2) is 59.6 Å². The molecule has 2 heteroatoms. The molecule has 0 radical (unpaired) electrons. The van der Waals surface area contributed by atoms with Crippen LogP contribution in [-0.2, 0) is 4.79 Å². The predicted octanol–water partition coefficient (Wildman–Crippen LogP) is 4.13. The maximum absolute atomic E-state index is 10.6. The second-order valence-corrected chi connectivity index (χ2v) is 4.04. The molecule has 0 spiro atoms. The molecule has 0 N–H and O–H groups in total. The fraction of sp³-hybridized carbons (Fsp3) is 0. The SMILES string of the molecule is O=CC(Cl)=Cc1ccccc1-c1ccccc1. The maximum Gasteiger partial charge on any atom is 0.161 e. The third-order valence-corrected chi connectivity index (χ3v) is 2.65. The number of halogens is 1. The Morgan fingerprint density at radius 3 is 2.29 bits per heavy atom. The number of carbonyl (C=O) groups excluding carboxylic acids is 1. The van der Waals surface area contributed by atoms with Gasteiger partial charge in [0.25, 0.3) is 0 Å². The molecule has 0 amide bonds. The maximum atomic E-state index is 10.6. The van der Waals surface area contributed by atoms with E-state index in [0.717, 1.165) is 16.7 Å². The summed E-state index contributed by atoms with van der Waals surface area (Å²) in [4.78, 5) is 10.6. The molecule has 2 aromatic rings. The van der Waals surface area contributed by atoms with E-state index in [1.54, 1.807) is 6.08 Å². The zero-order valence-corrected chi connectivity index (χ0v) is 9.89. The summed E-state index contributed by atoms with van der Waals surface area (Å²) in [6.45, 7) is 0. The lowest BCUT2D eigenvalue weighted by Crippen LogP contribution is -1.83. The lowest BCUT2D eigenvalue weighted by Gasteiger charge is -2.05. The molecule has 0 heterocycles. The number of hydrogen-bond acceptors (Lipinski definition) is 1. The minimum atomic E-state index is 0.202. The summed E-state index contributed by atoms with van der Waals surface area (Å²) in [6.07, 6.45) is 2.32. The molecule has 0 aliphatic rings. The average Bonchev–Trinajstić information content (AvgIpc) is 2.40. The molecular weight excluding hydrogens is 232 g/mol. The summed E-state index contributed by atoms with van der Waals surface area (Å²) < 4.78 is 0. The van der Waals surface area contributed by atoms with E-state index in [1.807, 2.05) is 54.6 Å². The zero-order chi connectivity index (χ0) is 12.1. The van der Waals surface area contributed by atoms with Crippen LogP contribution in [0.1, 0.15) is 5.56 Å². The molecule has 0 saturated heterocycles. The van der Waals surface area contributed by atoms with Crippen molar-refractivity contribution in [3.05, 3.63) is 65.2 Å². The van der Waals surface area contributed by atoms with E-state index in [0.29, 0.717) is 6.29 Å². The first-order valence-electron chi connectivity index (χ1n) is 5.28.